The fourth-order valence-corrected chi connectivity index (χ4v) is 3.76. The summed E-state index contributed by atoms with van der Waals surface area (Å²) >= 11 is 0. The van der Waals surface area contributed by atoms with Crippen LogP contribution in [-0.4, -0.2) is 17.7 Å². The standard InChI is InChI=1S/C22H26N4O3/c1-21(2)11-13-6-5-7-17(18(13)29-21)25-20-24-16-9-8-15(10-14(16)12-28-20)22(3,4)26-19(23)27/h5-10H,11-12H2,1-4H3,(H,24,25)(H3,23,26,27). The number of benzene rings is 2. The molecule has 0 aromatic heterocycles. The third-order valence-corrected chi connectivity index (χ3v) is 5.16. The minimum absolute atomic E-state index is 0.218. The zero-order chi connectivity index (χ0) is 20.8. The molecule has 2 amide bonds. The van der Waals surface area contributed by atoms with Crippen LogP contribution < -0.4 is 21.1 Å². The van der Waals surface area contributed by atoms with Crippen molar-refractivity contribution in [3.8, 4) is 5.75 Å². The van der Waals surface area contributed by atoms with Crippen molar-refractivity contribution < 1.29 is 14.3 Å². The highest BCUT2D eigenvalue weighted by Gasteiger charge is 2.32. The van der Waals surface area contributed by atoms with Crippen molar-refractivity contribution in [3.63, 3.8) is 0 Å². The van der Waals surface area contributed by atoms with Gasteiger partial charge in [-0.25, -0.2) is 4.79 Å². The Morgan fingerprint density at radius 2 is 2.00 bits per heavy atom. The van der Waals surface area contributed by atoms with Crippen LogP contribution in [-0.2, 0) is 23.3 Å². The molecule has 0 unspecified atom stereocenters. The number of nitrogens with zero attached hydrogens (tertiary/aromatic N) is 1. The Morgan fingerprint density at radius 3 is 2.76 bits per heavy atom. The molecule has 0 saturated carbocycles. The number of carbonyl (C=O) groups is 1. The van der Waals surface area contributed by atoms with Gasteiger partial charge in [0, 0.05) is 17.5 Å². The average molecular weight is 394 g/mol. The van der Waals surface area contributed by atoms with Gasteiger partial charge in [0.1, 0.15) is 18.0 Å². The van der Waals surface area contributed by atoms with Gasteiger partial charge in [0.05, 0.1) is 16.9 Å². The summed E-state index contributed by atoms with van der Waals surface area (Å²) in [5.41, 5.74) is 9.20. The van der Waals surface area contributed by atoms with E-state index in [-0.39, 0.29) is 5.60 Å². The highest BCUT2D eigenvalue weighted by atomic mass is 16.5. The number of amides is 2. The van der Waals surface area contributed by atoms with Crippen molar-refractivity contribution >= 4 is 23.4 Å². The Balaban J connectivity index is 1.57. The Morgan fingerprint density at radius 1 is 1.21 bits per heavy atom. The second kappa shape index (κ2) is 6.69. The van der Waals surface area contributed by atoms with Crippen LogP contribution in [0.25, 0.3) is 0 Å². The van der Waals surface area contributed by atoms with Crippen molar-refractivity contribution in [1.29, 1.82) is 0 Å². The van der Waals surface area contributed by atoms with Crippen LogP contribution in [0, 0.1) is 0 Å². The van der Waals surface area contributed by atoms with Crippen LogP contribution in [0.3, 0.4) is 0 Å². The van der Waals surface area contributed by atoms with Crippen LogP contribution in [0.15, 0.2) is 41.4 Å². The van der Waals surface area contributed by atoms with Gasteiger partial charge < -0.3 is 25.8 Å². The summed E-state index contributed by atoms with van der Waals surface area (Å²) in [6.45, 7) is 8.33. The summed E-state index contributed by atoms with van der Waals surface area (Å²) < 4.78 is 11.9. The first-order valence-electron chi connectivity index (χ1n) is 9.63. The average Bonchev–Trinajstić information content (AvgIpc) is 2.95. The monoisotopic (exact) mass is 394 g/mol. The third-order valence-electron chi connectivity index (χ3n) is 5.16. The van der Waals surface area contributed by atoms with Crippen LogP contribution in [0.4, 0.5) is 16.2 Å². The predicted octanol–water partition coefficient (Wildman–Crippen LogP) is 3.93. The molecule has 2 aliphatic heterocycles. The molecule has 0 bridgehead atoms. The van der Waals surface area contributed by atoms with Gasteiger partial charge in [0.2, 0.25) is 0 Å². The number of aliphatic imine (C=N–C) groups is 1. The highest BCUT2D eigenvalue weighted by Crippen LogP contribution is 2.41. The first kappa shape index (κ1) is 19.1. The van der Waals surface area contributed by atoms with Crippen molar-refractivity contribution in [2.24, 2.45) is 10.7 Å². The fraction of sp³-hybridized carbons (Fsp3) is 0.364. The molecule has 2 aliphatic rings. The van der Waals surface area contributed by atoms with Crippen molar-refractivity contribution in [2.75, 3.05) is 5.32 Å². The minimum Gasteiger partial charge on any atom is -0.485 e. The molecule has 4 N–H and O–H groups in total. The highest BCUT2D eigenvalue weighted by molar-refractivity contribution is 5.94. The number of amidine groups is 1. The number of primary amides is 1. The summed E-state index contributed by atoms with van der Waals surface area (Å²) in [5.74, 6) is 0.851. The molecule has 0 aliphatic carbocycles. The van der Waals surface area contributed by atoms with E-state index < -0.39 is 11.6 Å². The van der Waals surface area contributed by atoms with E-state index in [1.165, 1.54) is 5.56 Å². The third kappa shape index (κ3) is 3.85. The maximum Gasteiger partial charge on any atom is 0.312 e. The Hall–Kier alpha value is -3.22. The molecule has 0 radical (unpaired) electrons. The number of urea groups is 1. The number of fused-ring (bicyclic) bond motifs is 2. The normalized spacial score (nSPS) is 16.6. The first-order chi connectivity index (χ1) is 13.6. The van der Waals surface area contributed by atoms with Gasteiger partial charge in [0.25, 0.3) is 6.02 Å². The number of nitrogens with one attached hydrogen (secondary N) is 2. The second-order valence-corrected chi connectivity index (χ2v) is 8.62. The first-order valence-corrected chi connectivity index (χ1v) is 9.63. The zero-order valence-corrected chi connectivity index (χ0v) is 17.1. The SMILES string of the molecule is CC1(C)Cc2cccc(NC3=Nc4ccc(C(C)(C)NC(N)=O)cc4CO3)c2O1. The lowest BCUT2D eigenvalue weighted by Crippen LogP contribution is -2.44. The summed E-state index contributed by atoms with van der Waals surface area (Å²) in [6, 6.07) is 11.8. The van der Waals surface area contributed by atoms with E-state index in [0.717, 1.165) is 34.7 Å². The largest absolute Gasteiger partial charge is 0.485 e. The summed E-state index contributed by atoms with van der Waals surface area (Å²) in [7, 11) is 0. The van der Waals surface area contributed by atoms with Crippen LogP contribution in [0.5, 0.6) is 5.75 Å². The molecule has 0 fully saturated rings. The molecule has 0 saturated heterocycles. The van der Waals surface area contributed by atoms with Gasteiger partial charge in [-0.1, -0.05) is 18.2 Å². The fourth-order valence-electron chi connectivity index (χ4n) is 3.76. The molecule has 0 spiro atoms. The second-order valence-electron chi connectivity index (χ2n) is 8.62. The number of hydrogen-bond acceptors (Lipinski definition) is 5. The number of ether oxygens (including phenoxy) is 2. The maximum atomic E-state index is 11.3. The lowest BCUT2D eigenvalue weighted by molar-refractivity contribution is 0.139. The van der Waals surface area contributed by atoms with E-state index in [2.05, 4.69) is 35.5 Å². The van der Waals surface area contributed by atoms with Gasteiger partial charge in [0.15, 0.2) is 0 Å². The predicted molar refractivity (Wildman–Crippen MR) is 113 cm³/mol. The maximum absolute atomic E-state index is 11.3. The van der Waals surface area contributed by atoms with Crippen molar-refractivity contribution in [2.45, 2.75) is 51.9 Å². The van der Waals surface area contributed by atoms with E-state index in [0.29, 0.717) is 12.6 Å². The molecule has 2 aromatic rings. The smallest absolute Gasteiger partial charge is 0.312 e. The molecular weight excluding hydrogens is 368 g/mol. The lowest BCUT2D eigenvalue weighted by atomic mass is 9.92. The topological polar surface area (TPSA) is 98.0 Å². The number of rotatable bonds is 3. The van der Waals surface area contributed by atoms with Crippen molar-refractivity contribution in [3.05, 3.63) is 53.1 Å². The molecule has 2 heterocycles. The van der Waals surface area contributed by atoms with Gasteiger partial charge in [-0.15, -0.1) is 0 Å². The van der Waals surface area contributed by atoms with E-state index >= 15 is 0 Å². The lowest BCUT2D eigenvalue weighted by Gasteiger charge is -2.27. The quantitative estimate of drug-likeness (QED) is 0.734. The van der Waals surface area contributed by atoms with Gasteiger partial charge in [-0.3, -0.25) is 0 Å². The van der Waals surface area contributed by atoms with Gasteiger partial charge in [-0.05, 0) is 51.5 Å². The van der Waals surface area contributed by atoms with Gasteiger partial charge >= 0.3 is 6.03 Å². The molecular formula is C22H26N4O3. The molecule has 29 heavy (non-hydrogen) atoms. The Kier molecular flexibility index (Phi) is 4.41. The molecule has 7 heteroatoms. The van der Waals surface area contributed by atoms with Crippen molar-refractivity contribution in [1.82, 2.24) is 5.32 Å². The summed E-state index contributed by atoms with van der Waals surface area (Å²) in [6.07, 6.45) is 0.867. The number of anilines is 1. The molecule has 152 valence electrons. The molecule has 7 nitrogen and oxygen atoms in total. The number of hydrogen-bond donors (Lipinski definition) is 3. The Bertz CT molecular complexity index is 1010. The molecule has 0 atom stereocenters. The molecule has 2 aromatic carbocycles. The van der Waals surface area contributed by atoms with Crippen LogP contribution >= 0.6 is 0 Å². The number of para-hydroxylation sites is 1. The van der Waals surface area contributed by atoms with Crippen LogP contribution in [0.2, 0.25) is 0 Å². The van der Waals surface area contributed by atoms with E-state index in [1.54, 1.807) is 0 Å². The summed E-state index contributed by atoms with van der Waals surface area (Å²) in [5, 5.41) is 6.01. The van der Waals surface area contributed by atoms with E-state index in [4.69, 9.17) is 15.2 Å². The molecule has 4 rings (SSSR count). The van der Waals surface area contributed by atoms with E-state index in [1.807, 2.05) is 44.2 Å². The number of carbonyl (C=O) groups excluding carboxylic acids is 1. The van der Waals surface area contributed by atoms with E-state index in [9.17, 15) is 4.79 Å². The van der Waals surface area contributed by atoms with Gasteiger partial charge in [-0.2, -0.15) is 4.99 Å². The van der Waals surface area contributed by atoms with Crippen LogP contribution in [0.1, 0.15) is 44.4 Å². The Labute approximate surface area is 170 Å². The minimum atomic E-state index is -0.585. The summed E-state index contributed by atoms with van der Waals surface area (Å²) in [4.78, 5) is 15.9. The zero-order valence-electron chi connectivity index (χ0n) is 17.1. The number of nitrogens with two attached hydrogens (primary N) is 1.